The molecule has 1 aliphatic rings. The van der Waals surface area contributed by atoms with E-state index in [4.69, 9.17) is 0 Å². The summed E-state index contributed by atoms with van der Waals surface area (Å²) in [5.41, 5.74) is 1.86. The number of anilines is 1. The molecule has 2 aromatic carbocycles. The van der Waals surface area contributed by atoms with Gasteiger partial charge in [0.15, 0.2) is 0 Å². The number of benzene rings is 2. The Labute approximate surface area is 152 Å². The number of nitrogens with zero attached hydrogens (tertiary/aromatic N) is 1. The Bertz CT molecular complexity index is 800. The Kier molecular flexibility index (Phi) is 5.27. The third kappa shape index (κ3) is 3.99. The van der Waals surface area contributed by atoms with Crippen molar-refractivity contribution in [2.24, 2.45) is 0 Å². The number of sulfonamides is 1. The molecule has 0 bridgehead atoms. The van der Waals surface area contributed by atoms with Gasteiger partial charge in [-0.1, -0.05) is 41.1 Å². The maximum Gasteiger partial charge on any atom is 0.261 e. The van der Waals surface area contributed by atoms with Crippen LogP contribution in [0.15, 0.2) is 57.9 Å². The van der Waals surface area contributed by atoms with E-state index in [1.807, 2.05) is 24.3 Å². The van der Waals surface area contributed by atoms with Gasteiger partial charge < -0.3 is 4.90 Å². The third-order valence-electron chi connectivity index (χ3n) is 4.24. The van der Waals surface area contributed by atoms with Crippen molar-refractivity contribution in [3.63, 3.8) is 0 Å². The van der Waals surface area contributed by atoms with Crippen molar-refractivity contribution in [3.8, 4) is 0 Å². The van der Waals surface area contributed by atoms with Gasteiger partial charge in [-0.05, 0) is 48.9 Å². The lowest BCUT2D eigenvalue weighted by Gasteiger charge is -2.39. The summed E-state index contributed by atoms with van der Waals surface area (Å²) in [4.78, 5) is 2.68. The Morgan fingerprint density at radius 2 is 1.88 bits per heavy atom. The maximum atomic E-state index is 12.4. The summed E-state index contributed by atoms with van der Waals surface area (Å²) in [6.07, 6.45) is 1.18. The predicted molar refractivity (Wildman–Crippen MR) is 101 cm³/mol. The van der Waals surface area contributed by atoms with E-state index < -0.39 is 10.0 Å². The van der Waals surface area contributed by atoms with Gasteiger partial charge in [0.2, 0.25) is 0 Å². The SMILES string of the molecule is CCCN1CC(c2ccc(NS(=O)(=O)c3cccc(Br)c3)cc2)C1. The standard InChI is InChI=1S/C18H21BrN2O2S/c1-2-10-21-12-15(13-21)14-6-8-17(9-7-14)20-24(22,23)18-5-3-4-16(19)11-18/h3-9,11,15,20H,2,10,12-13H2,1H3. The largest absolute Gasteiger partial charge is 0.302 e. The van der Waals surface area contributed by atoms with Gasteiger partial charge in [-0.3, -0.25) is 4.72 Å². The van der Waals surface area contributed by atoms with Crippen molar-refractivity contribution >= 4 is 31.6 Å². The van der Waals surface area contributed by atoms with Crippen LogP contribution in [0, 0.1) is 0 Å². The highest BCUT2D eigenvalue weighted by atomic mass is 79.9. The van der Waals surface area contributed by atoms with E-state index in [0.29, 0.717) is 11.6 Å². The predicted octanol–water partition coefficient (Wildman–Crippen LogP) is 4.06. The van der Waals surface area contributed by atoms with Gasteiger partial charge >= 0.3 is 0 Å². The van der Waals surface area contributed by atoms with Crippen LogP contribution < -0.4 is 4.72 Å². The molecule has 2 aromatic rings. The summed E-state index contributed by atoms with van der Waals surface area (Å²) in [5.74, 6) is 0.562. The zero-order valence-electron chi connectivity index (χ0n) is 13.6. The minimum Gasteiger partial charge on any atom is -0.302 e. The smallest absolute Gasteiger partial charge is 0.261 e. The van der Waals surface area contributed by atoms with Gasteiger partial charge in [0.1, 0.15) is 0 Å². The summed E-state index contributed by atoms with van der Waals surface area (Å²) < 4.78 is 28.2. The number of halogens is 1. The fourth-order valence-electron chi connectivity index (χ4n) is 2.95. The molecule has 24 heavy (non-hydrogen) atoms. The first-order valence-corrected chi connectivity index (χ1v) is 10.4. The number of rotatable bonds is 6. The lowest BCUT2D eigenvalue weighted by atomic mass is 9.91. The topological polar surface area (TPSA) is 49.4 Å². The number of hydrogen-bond acceptors (Lipinski definition) is 3. The minimum atomic E-state index is -3.56. The number of nitrogens with one attached hydrogen (secondary N) is 1. The van der Waals surface area contributed by atoms with E-state index in [-0.39, 0.29) is 4.90 Å². The highest BCUT2D eigenvalue weighted by Crippen LogP contribution is 2.28. The second-order valence-corrected chi connectivity index (χ2v) is 8.74. The normalized spacial score (nSPS) is 15.9. The van der Waals surface area contributed by atoms with Gasteiger partial charge in [0.05, 0.1) is 4.90 Å². The second-order valence-electron chi connectivity index (χ2n) is 6.14. The van der Waals surface area contributed by atoms with Crippen molar-refractivity contribution in [2.45, 2.75) is 24.2 Å². The summed E-state index contributed by atoms with van der Waals surface area (Å²) in [5, 5.41) is 0. The average molecular weight is 409 g/mol. The van der Waals surface area contributed by atoms with E-state index >= 15 is 0 Å². The summed E-state index contributed by atoms with van der Waals surface area (Å²) in [7, 11) is -3.56. The summed E-state index contributed by atoms with van der Waals surface area (Å²) in [6.45, 7) is 5.54. The molecule has 0 radical (unpaired) electrons. The van der Waals surface area contributed by atoms with Crippen molar-refractivity contribution in [1.82, 2.24) is 4.90 Å². The van der Waals surface area contributed by atoms with Crippen molar-refractivity contribution < 1.29 is 8.42 Å². The van der Waals surface area contributed by atoms with Crippen LogP contribution in [0.5, 0.6) is 0 Å². The number of hydrogen-bond donors (Lipinski definition) is 1. The summed E-state index contributed by atoms with van der Waals surface area (Å²) in [6, 6.07) is 14.4. The molecule has 3 rings (SSSR count). The fraction of sp³-hybridized carbons (Fsp3) is 0.333. The van der Waals surface area contributed by atoms with E-state index in [1.54, 1.807) is 24.3 Å². The van der Waals surface area contributed by atoms with Crippen LogP contribution in [-0.2, 0) is 10.0 Å². The maximum absolute atomic E-state index is 12.4. The van der Waals surface area contributed by atoms with Crippen molar-refractivity contribution in [3.05, 3.63) is 58.6 Å². The number of likely N-dealkylation sites (tertiary alicyclic amines) is 1. The molecule has 0 aliphatic carbocycles. The van der Waals surface area contributed by atoms with Gasteiger partial charge in [0.25, 0.3) is 10.0 Å². The molecule has 0 amide bonds. The van der Waals surface area contributed by atoms with Crippen molar-refractivity contribution in [2.75, 3.05) is 24.4 Å². The molecule has 1 fully saturated rings. The van der Waals surface area contributed by atoms with Crippen LogP contribution in [0.2, 0.25) is 0 Å². The first-order valence-electron chi connectivity index (χ1n) is 8.08. The highest BCUT2D eigenvalue weighted by Gasteiger charge is 2.27. The van der Waals surface area contributed by atoms with Crippen LogP contribution in [0.4, 0.5) is 5.69 Å². The van der Waals surface area contributed by atoms with Crippen LogP contribution >= 0.6 is 15.9 Å². The molecule has 4 nitrogen and oxygen atoms in total. The lowest BCUT2D eigenvalue weighted by Crippen LogP contribution is -2.45. The monoisotopic (exact) mass is 408 g/mol. The second kappa shape index (κ2) is 7.25. The zero-order chi connectivity index (χ0) is 17.2. The molecule has 1 aliphatic heterocycles. The van der Waals surface area contributed by atoms with Crippen LogP contribution in [0.25, 0.3) is 0 Å². The first-order chi connectivity index (χ1) is 11.5. The van der Waals surface area contributed by atoms with Crippen LogP contribution in [0.3, 0.4) is 0 Å². The Morgan fingerprint density at radius 1 is 1.17 bits per heavy atom. The Balaban J connectivity index is 1.66. The lowest BCUT2D eigenvalue weighted by molar-refractivity contribution is 0.149. The summed E-state index contributed by atoms with van der Waals surface area (Å²) >= 11 is 3.30. The molecule has 0 unspecified atom stereocenters. The van der Waals surface area contributed by atoms with Gasteiger partial charge in [-0.25, -0.2) is 8.42 Å². The Hall–Kier alpha value is -1.37. The highest BCUT2D eigenvalue weighted by molar-refractivity contribution is 9.10. The zero-order valence-corrected chi connectivity index (χ0v) is 16.0. The first kappa shape index (κ1) is 17.5. The van der Waals surface area contributed by atoms with Crippen LogP contribution in [-0.4, -0.2) is 33.0 Å². The Morgan fingerprint density at radius 3 is 2.50 bits per heavy atom. The molecular weight excluding hydrogens is 388 g/mol. The van der Waals surface area contributed by atoms with E-state index in [0.717, 1.165) is 24.1 Å². The van der Waals surface area contributed by atoms with Crippen molar-refractivity contribution in [1.29, 1.82) is 0 Å². The molecule has 0 atom stereocenters. The molecule has 1 saturated heterocycles. The minimum absolute atomic E-state index is 0.246. The van der Waals surface area contributed by atoms with E-state index in [2.05, 4.69) is 32.5 Å². The molecule has 0 spiro atoms. The van der Waals surface area contributed by atoms with Gasteiger partial charge in [-0.2, -0.15) is 0 Å². The molecular formula is C18H21BrN2O2S. The molecule has 1 heterocycles. The molecule has 1 N–H and O–H groups in total. The quantitative estimate of drug-likeness (QED) is 0.783. The average Bonchev–Trinajstić information content (AvgIpc) is 2.51. The van der Waals surface area contributed by atoms with Crippen LogP contribution in [0.1, 0.15) is 24.8 Å². The molecule has 0 saturated carbocycles. The molecule has 128 valence electrons. The van der Waals surface area contributed by atoms with E-state index in [1.165, 1.54) is 12.0 Å². The molecule has 0 aromatic heterocycles. The fourth-order valence-corrected chi connectivity index (χ4v) is 4.61. The van der Waals surface area contributed by atoms with Gasteiger partial charge in [0, 0.05) is 29.2 Å². The molecule has 6 heteroatoms. The van der Waals surface area contributed by atoms with E-state index in [9.17, 15) is 8.42 Å². The van der Waals surface area contributed by atoms with Gasteiger partial charge in [-0.15, -0.1) is 0 Å². The third-order valence-corrected chi connectivity index (χ3v) is 6.11.